The normalized spacial score (nSPS) is 10.5. The summed E-state index contributed by atoms with van der Waals surface area (Å²) >= 11 is 0. The summed E-state index contributed by atoms with van der Waals surface area (Å²) in [5.41, 5.74) is 7.57. The predicted octanol–water partition coefficient (Wildman–Crippen LogP) is 2.09. The lowest BCUT2D eigenvalue weighted by Crippen LogP contribution is -1.97. The molecule has 1 aromatic carbocycles. The van der Waals surface area contributed by atoms with Crippen molar-refractivity contribution in [1.29, 1.82) is 0 Å². The first-order valence-electron chi connectivity index (χ1n) is 5.05. The Morgan fingerprint density at radius 3 is 2.93 bits per heavy atom. The summed E-state index contributed by atoms with van der Waals surface area (Å²) in [7, 11) is 0. The second-order valence-electron chi connectivity index (χ2n) is 3.34. The number of hydrogen-bond acceptors (Lipinski definition) is 3. The highest BCUT2D eigenvalue weighted by Crippen LogP contribution is 2.20. The Kier molecular flexibility index (Phi) is 2.83. The molecule has 2 rings (SSSR count). The molecule has 3 nitrogen and oxygen atoms in total. The summed E-state index contributed by atoms with van der Waals surface area (Å²) in [6.07, 6.45) is 1.81. The third kappa shape index (κ3) is 2.07. The van der Waals surface area contributed by atoms with Gasteiger partial charge in [-0.3, -0.25) is 4.98 Å². The van der Waals surface area contributed by atoms with Crippen molar-refractivity contribution in [2.24, 2.45) is 5.73 Å². The molecular weight excluding hydrogens is 188 g/mol. The molecule has 0 amide bonds. The molecule has 2 aromatic rings. The fraction of sp³-hybridized carbons (Fsp3) is 0.250. The molecule has 0 aliphatic rings. The zero-order valence-electron chi connectivity index (χ0n) is 8.73. The number of aromatic nitrogens is 1. The molecule has 0 aliphatic heterocycles. The van der Waals surface area contributed by atoms with E-state index in [1.807, 2.05) is 37.4 Å². The van der Waals surface area contributed by atoms with Crippen molar-refractivity contribution >= 4 is 10.9 Å². The lowest BCUT2D eigenvalue weighted by atomic mass is 10.1. The Balaban J connectivity index is 2.48. The maximum atomic E-state index is 5.57. The van der Waals surface area contributed by atoms with Crippen molar-refractivity contribution in [2.45, 2.75) is 13.5 Å². The first-order valence-corrected chi connectivity index (χ1v) is 5.05. The molecular formula is C12H14N2O. The monoisotopic (exact) mass is 202 g/mol. The summed E-state index contributed by atoms with van der Waals surface area (Å²) in [6.45, 7) is 3.16. The van der Waals surface area contributed by atoms with Crippen LogP contribution in [0.25, 0.3) is 10.9 Å². The smallest absolute Gasteiger partial charge is 0.120 e. The van der Waals surface area contributed by atoms with Crippen LogP contribution in [0.15, 0.2) is 30.5 Å². The van der Waals surface area contributed by atoms with Crippen LogP contribution < -0.4 is 10.5 Å². The van der Waals surface area contributed by atoms with Gasteiger partial charge in [0.25, 0.3) is 0 Å². The van der Waals surface area contributed by atoms with E-state index < -0.39 is 0 Å². The van der Waals surface area contributed by atoms with E-state index in [0.717, 1.165) is 22.2 Å². The maximum Gasteiger partial charge on any atom is 0.120 e. The van der Waals surface area contributed by atoms with Crippen LogP contribution in [0.4, 0.5) is 0 Å². The van der Waals surface area contributed by atoms with Crippen molar-refractivity contribution in [1.82, 2.24) is 4.98 Å². The Morgan fingerprint density at radius 1 is 1.33 bits per heavy atom. The molecule has 0 saturated carbocycles. The minimum Gasteiger partial charge on any atom is -0.494 e. The molecule has 0 atom stereocenters. The molecule has 0 unspecified atom stereocenters. The molecule has 0 spiro atoms. The summed E-state index contributed by atoms with van der Waals surface area (Å²) in [4.78, 5) is 4.32. The number of nitrogens with two attached hydrogens (primary N) is 1. The second-order valence-corrected chi connectivity index (χ2v) is 3.34. The average Bonchev–Trinajstić information content (AvgIpc) is 2.28. The van der Waals surface area contributed by atoms with E-state index in [0.29, 0.717) is 13.2 Å². The SMILES string of the molecule is CCOc1ccc2ncc(CN)cc2c1. The number of nitrogens with zero attached hydrogens (tertiary/aromatic N) is 1. The van der Waals surface area contributed by atoms with E-state index >= 15 is 0 Å². The van der Waals surface area contributed by atoms with Gasteiger partial charge in [-0.25, -0.2) is 0 Å². The van der Waals surface area contributed by atoms with Crippen LogP contribution in [0.3, 0.4) is 0 Å². The number of ether oxygens (including phenoxy) is 1. The minimum absolute atomic E-state index is 0.516. The van der Waals surface area contributed by atoms with Crippen LogP contribution in [-0.4, -0.2) is 11.6 Å². The van der Waals surface area contributed by atoms with E-state index in [-0.39, 0.29) is 0 Å². The number of pyridine rings is 1. The van der Waals surface area contributed by atoms with Gasteiger partial charge in [-0.05, 0) is 36.8 Å². The van der Waals surface area contributed by atoms with Gasteiger partial charge in [0.1, 0.15) is 5.75 Å². The van der Waals surface area contributed by atoms with Crippen molar-refractivity contribution in [3.8, 4) is 5.75 Å². The number of fused-ring (bicyclic) bond motifs is 1. The molecule has 0 saturated heterocycles. The zero-order chi connectivity index (χ0) is 10.7. The van der Waals surface area contributed by atoms with Crippen LogP contribution in [0.1, 0.15) is 12.5 Å². The molecule has 0 fully saturated rings. The van der Waals surface area contributed by atoms with E-state index in [2.05, 4.69) is 4.98 Å². The van der Waals surface area contributed by atoms with Gasteiger partial charge in [0.2, 0.25) is 0 Å². The maximum absolute atomic E-state index is 5.57. The van der Waals surface area contributed by atoms with Gasteiger partial charge in [-0.15, -0.1) is 0 Å². The number of benzene rings is 1. The fourth-order valence-corrected chi connectivity index (χ4v) is 1.52. The summed E-state index contributed by atoms with van der Waals surface area (Å²) in [5.74, 6) is 0.876. The first kappa shape index (κ1) is 9.93. The van der Waals surface area contributed by atoms with Crippen molar-refractivity contribution in [3.05, 3.63) is 36.0 Å². The molecule has 15 heavy (non-hydrogen) atoms. The average molecular weight is 202 g/mol. The van der Waals surface area contributed by atoms with Crippen LogP contribution in [0.2, 0.25) is 0 Å². The third-order valence-corrected chi connectivity index (χ3v) is 2.26. The highest BCUT2D eigenvalue weighted by molar-refractivity contribution is 5.80. The largest absolute Gasteiger partial charge is 0.494 e. The van der Waals surface area contributed by atoms with Crippen LogP contribution in [0.5, 0.6) is 5.75 Å². The molecule has 1 heterocycles. The van der Waals surface area contributed by atoms with Gasteiger partial charge in [0, 0.05) is 18.1 Å². The summed E-state index contributed by atoms with van der Waals surface area (Å²) in [6, 6.07) is 7.93. The highest BCUT2D eigenvalue weighted by atomic mass is 16.5. The standard InChI is InChI=1S/C12H14N2O/c1-2-15-11-3-4-12-10(6-11)5-9(7-13)8-14-12/h3-6,8H,2,7,13H2,1H3. The van der Waals surface area contributed by atoms with Crippen LogP contribution in [0, 0.1) is 0 Å². The first-order chi connectivity index (χ1) is 7.33. The summed E-state index contributed by atoms with van der Waals surface area (Å²) in [5, 5.41) is 1.07. The highest BCUT2D eigenvalue weighted by Gasteiger charge is 1.99. The van der Waals surface area contributed by atoms with Crippen molar-refractivity contribution in [2.75, 3.05) is 6.61 Å². The van der Waals surface area contributed by atoms with Gasteiger partial charge in [-0.2, -0.15) is 0 Å². The minimum atomic E-state index is 0.516. The van der Waals surface area contributed by atoms with E-state index in [1.165, 1.54) is 0 Å². The van der Waals surface area contributed by atoms with Crippen LogP contribution in [-0.2, 0) is 6.54 Å². The Hall–Kier alpha value is -1.61. The zero-order valence-corrected chi connectivity index (χ0v) is 8.73. The Bertz CT molecular complexity index is 468. The van der Waals surface area contributed by atoms with Crippen molar-refractivity contribution < 1.29 is 4.74 Å². The number of rotatable bonds is 3. The second kappa shape index (κ2) is 4.28. The van der Waals surface area contributed by atoms with Gasteiger partial charge in [0.05, 0.1) is 12.1 Å². The van der Waals surface area contributed by atoms with Gasteiger partial charge in [0.15, 0.2) is 0 Å². The quantitative estimate of drug-likeness (QED) is 0.829. The van der Waals surface area contributed by atoms with E-state index in [9.17, 15) is 0 Å². The lowest BCUT2D eigenvalue weighted by molar-refractivity contribution is 0.340. The van der Waals surface area contributed by atoms with Crippen LogP contribution >= 0.6 is 0 Å². The molecule has 1 aromatic heterocycles. The molecule has 0 radical (unpaired) electrons. The topological polar surface area (TPSA) is 48.1 Å². The Labute approximate surface area is 88.9 Å². The molecule has 3 heteroatoms. The third-order valence-electron chi connectivity index (χ3n) is 2.26. The molecule has 78 valence electrons. The lowest BCUT2D eigenvalue weighted by Gasteiger charge is -2.05. The van der Waals surface area contributed by atoms with Crippen molar-refractivity contribution in [3.63, 3.8) is 0 Å². The Morgan fingerprint density at radius 2 is 2.20 bits per heavy atom. The summed E-state index contributed by atoms with van der Waals surface area (Å²) < 4.78 is 5.43. The molecule has 2 N–H and O–H groups in total. The van der Waals surface area contributed by atoms with E-state index in [4.69, 9.17) is 10.5 Å². The predicted molar refractivity (Wildman–Crippen MR) is 60.8 cm³/mol. The fourth-order valence-electron chi connectivity index (χ4n) is 1.52. The molecule has 0 bridgehead atoms. The van der Waals surface area contributed by atoms with E-state index in [1.54, 1.807) is 0 Å². The molecule has 0 aliphatic carbocycles. The van der Waals surface area contributed by atoms with Gasteiger partial charge < -0.3 is 10.5 Å². The van der Waals surface area contributed by atoms with Gasteiger partial charge in [-0.1, -0.05) is 0 Å². The number of hydrogen-bond donors (Lipinski definition) is 1. The van der Waals surface area contributed by atoms with Gasteiger partial charge >= 0.3 is 0 Å².